The van der Waals surface area contributed by atoms with Crippen molar-refractivity contribution in [2.75, 3.05) is 0 Å². The molecule has 1 nitrogen and oxygen atoms in total. The summed E-state index contributed by atoms with van der Waals surface area (Å²) in [6.45, 7) is 1.93. The van der Waals surface area contributed by atoms with Crippen LogP contribution in [0.2, 0.25) is 0 Å². The molecule has 0 amide bonds. The van der Waals surface area contributed by atoms with Crippen LogP contribution < -0.4 is 0 Å². The summed E-state index contributed by atoms with van der Waals surface area (Å²) in [4.78, 5) is 0. The predicted molar refractivity (Wildman–Crippen MR) is 87.8 cm³/mol. The third kappa shape index (κ3) is 5.30. The predicted octanol–water partition coefficient (Wildman–Crippen LogP) is 3.98. The van der Waals surface area contributed by atoms with Gasteiger partial charge in [-0.25, -0.2) is 0 Å². The van der Waals surface area contributed by atoms with Gasteiger partial charge in [0.15, 0.2) is 0 Å². The lowest BCUT2D eigenvalue weighted by Gasteiger charge is -2.04. The van der Waals surface area contributed by atoms with E-state index in [9.17, 15) is 5.11 Å². The van der Waals surface area contributed by atoms with Crippen molar-refractivity contribution in [3.8, 4) is 11.8 Å². The molecule has 0 bridgehead atoms. The highest BCUT2D eigenvalue weighted by Gasteiger charge is 2.01. The second kappa shape index (κ2) is 8.09. The van der Waals surface area contributed by atoms with E-state index in [1.54, 1.807) is 0 Å². The zero-order valence-electron chi connectivity index (χ0n) is 12.3. The van der Waals surface area contributed by atoms with E-state index in [-0.39, 0.29) is 0 Å². The highest BCUT2D eigenvalue weighted by Crippen LogP contribution is 2.07. The zero-order chi connectivity index (χ0) is 14.9. The Kier molecular flexibility index (Phi) is 5.82. The van der Waals surface area contributed by atoms with Crippen LogP contribution in [0, 0.1) is 11.8 Å². The lowest BCUT2D eigenvalue weighted by atomic mass is 10.1. The summed E-state index contributed by atoms with van der Waals surface area (Å²) >= 11 is 0. The van der Waals surface area contributed by atoms with Gasteiger partial charge in [0.25, 0.3) is 0 Å². The lowest BCUT2D eigenvalue weighted by molar-refractivity contribution is 0.268. The van der Waals surface area contributed by atoms with Crippen molar-refractivity contribution in [1.82, 2.24) is 0 Å². The van der Waals surface area contributed by atoms with Crippen molar-refractivity contribution in [1.29, 1.82) is 0 Å². The third-order valence-electron chi connectivity index (χ3n) is 3.30. The summed E-state index contributed by atoms with van der Waals surface area (Å²) in [6.07, 6.45) is 3.27. The summed E-state index contributed by atoms with van der Waals surface area (Å²) in [5.41, 5.74) is 3.15. The number of aliphatic hydroxyl groups is 1. The number of hydrogen-bond acceptors (Lipinski definition) is 1. The van der Waals surface area contributed by atoms with E-state index < -0.39 is 6.10 Å². The minimum atomic E-state index is -0.694. The summed E-state index contributed by atoms with van der Waals surface area (Å²) in [5, 5.41) is 10.0. The molecular formula is C20H20O. The Morgan fingerprint density at radius 1 is 1.05 bits per heavy atom. The standard InChI is InChI=1S/C20H20O/c1-17(9-8-14-18-10-4-2-5-11-18)20(21)16-15-19-12-6-3-7-13-19/h2-7,9-13,20-21H,8,14H2,1H3/b17-9+. The number of allylic oxidation sites excluding steroid dienone is 1. The average Bonchev–Trinajstić information content (AvgIpc) is 2.54. The van der Waals surface area contributed by atoms with Gasteiger partial charge in [0.05, 0.1) is 0 Å². The molecule has 0 fully saturated rings. The highest BCUT2D eigenvalue weighted by atomic mass is 16.3. The summed E-state index contributed by atoms with van der Waals surface area (Å²) < 4.78 is 0. The van der Waals surface area contributed by atoms with Crippen LogP contribution in [0.1, 0.15) is 24.5 Å². The molecule has 1 unspecified atom stereocenters. The first-order valence-electron chi connectivity index (χ1n) is 7.21. The van der Waals surface area contributed by atoms with Gasteiger partial charge in [-0.2, -0.15) is 0 Å². The summed E-state index contributed by atoms with van der Waals surface area (Å²) in [5.74, 6) is 5.88. The topological polar surface area (TPSA) is 20.2 Å². The fourth-order valence-electron chi connectivity index (χ4n) is 2.01. The zero-order valence-corrected chi connectivity index (χ0v) is 12.3. The van der Waals surface area contributed by atoms with E-state index in [0.717, 1.165) is 24.0 Å². The molecule has 0 aliphatic carbocycles. The first-order valence-corrected chi connectivity index (χ1v) is 7.21. The van der Waals surface area contributed by atoms with Crippen molar-refractivity contribution in [3.05, 3.63) is 83.4 Å². The van der Waals surface area contributed by atoms with Crippen molar-refractivity contribution in [3.63, 3.8) is 0 Å². The van der Waals surface area contributed by atoms with Crippen molar-refractivity contribution in [2.24, 2.45) is 0 Å². The first kappa shape index (κ1) is 15.1. The van der Waals surface area contributed by atoms with Crippen LogP contribution in [0.15, 0.2) is 72.3 Å². The second-order valence-corrected chi connectivity index (χ2v) is 5.01. The first-order chi connectivity index (χ1) is 10.3. The third-order valence-corrected chi connectivity index (χ3v) is 3.30. The van der Waals surface area contributed by atoms with Gasteiger partial charge in [-0.3, -0.25) is 0 Å². The Hall–Kier alpha value is -2.30. The van der Waals surface area contributed by atoms with Crippen molar-refractivity contribution >= 4 is 0 Å². The maximum Gasteiger partial charge on any atom is 0.136 e. The molecule has 106 valence electrons. The molecule has 0 saturated heterocycles. The average molecular weight is 276 g/mol. The van der Waals surface area contributed by atoms with E-state index in [1.165, 1.54) is 5.56 Å². The van der Waals surface area contributed by atoms with Gasteiger partial charge in [0, 0.05) is 5.56 Å². The summed E-state index contributed by atoms with van der Waals surface area (Å²) in [6, 6.07) is 20.1. The maximum absolute atomic E-state index is 10.0. The monoisotopic (exact) mass is 276 g/mol. The Bertz CT molecular complexity index is 630. The molecule has 1 atom stereocenters. The lowest BCUT2D eigenvalue weighted by Crippen LogP contribution is -2.04. The van der Waals surface area contributed by atoms with Crippen LogP contribution in [0.3, 0.4) is 0 Å². The molecule has 2 aromatic rings. The molecule has 0 saturated carbocycles. The van der Waals surface area contributed by atoms with Gasteiger partial charge in [-0.15, -0.1) is 0 Å². The van der Waals surface area contributed by atoms with E-state index >= 15 is 0 Å². The highest BCUT2D eigenvalue weighted by molar-refractivity contribution is 5.36. The second-order valence-electron chi connectivity index (χ2n) is 5.01. The Morgan fingerprint density at radius 2 is 1.67 bits per heavy atom. The van der Waals surface area contributed by atoms with E-state index in [0.29, 0.717) is 0 Å². The van der Waals surface area contributed by atoms with Gasteiger partial charge < -0.3 is 5.11 Å². The fourth-order valence-corrected chi connectivity index (χ4v) is 2.01. The number of benzene rings is 2. The normalized spacial score (nSPS) is 12.4. The molecule has 1 N–H and O–H groups in total. The SMILES string of the molecule is C/C(=C\CCc1ccccc1)C(O)C#Cc1ccccc1. The molecule has 0 spiro atoms. The van der Waals surface area contributed by atoms with Crippen molar-refractivity contribution in [2.45, 2.75) is 25.9 Å². The largest absolute Gasteiger partial charge is 0.376 e. The summed E-state index contributed by atoms with van der Waals surface area (Å²) in [7, 11) is 0. The van der Waals surface area contributed by atoms with Gasteiger partial charge in [-0.1, -0.05) is 66.4 Å². The minimum absolute atomic E-state index is 0.694. The molecule has 0 aliphatic rings. The molecule has 1 heteroatoms. The molecule has 0 aliphatic heterocycles. The molecule has 0 heterocycles. The van der Waals surface area contributed by atoms with Gasteiger partial charge >= 0.3 is 0 Å². The fraction of sp³-hybridized carbons (Fsp3) is 0.200. The molecular weight excluding hydrogens is 256 g/mol. The van der Waals surface area contributed by atoms with Gasteiger partial charge in [0.2, 0.25) is 0 Å². The number of hydrogen-bond donors (Lipinski definition) is 1. The van der Waals surface area contributed by atoms with Gasteiger partial charge in [0.1, 0.15) is 6.10 Å². The molecule has 0 aromatic heterocycles. The Balaban J connectivity index is 1.89. The van der Waals surface area contributed by atoms with E-state index in [4.69, 9.17) is 0 Å². The van der Waals surface area contributed by atoms with Crippen LogP contribution in [0.4, 0.5) is 0 Å². The number of rotatable bonds is 4. The Morgan fingerprint density at radius 3 is 2.33 bits per heavy atom. The van der Waals surface area contributed by atoms with Crippen LogP contribution in [-0.2, 0) is 6.42 Å². The molecule has 21 heavy (non-hydrogen) atoms. The maximum atomic E-state index is 10.0. The smallest absolute Gasteiger partial charge is 0.136 e. The quantitative estimate of drug-likeness (QED) is 0.661. The molecule has 0 radical (unpaired) electrons. The number of aliphatic hydroxyl groups excluding tert-OH is 1. The van der Waals surface area contributed by atoms with E-state index in [2.05, 4.69) is 30.0 Å². The Labute approximate surface area is 127 Å². The molecule has 2 rings (SSSR count). The van der Waals surface area contributed by atoms with Crippen molar-refractivity contribution < 1.29 is 5.11 Å². The van der Waals surface area contributed by atoms with Crippen LogP contribution >= 0.6 is 0 Å². The van der Waals surface area contributed by atoms with E-state index in [1.807, 2.05) is 55.5 Å². The van der Waals surface area contributed by atoms with Crippen LogP contribution in [0.25, 0.3) is 0 Å². The number of aryl methyl sites for hydroxylation is 1. The van der Waals surface area contributed by atoms with Crippen LogP contribution in [-0.4, -0.2) is 11.2 Å². The minimum Gasteiger partial charge on any atom is -0.376 e. The molecule has 2 aromatic carbocycles. The van der Waals surface area contributed by atoms with Gasteiger partial charge in [-0.05, 0) is 43.0 Å². The van der Waals surface area contributed by atoms with Crippen LogP contribution in [0.5, 0.6) is 0 Å².